The monoisotopic (exact) mass is 461 g/mol. The molecule has 0 saturated heterocycles. The van der Waals surface area contributed by atoms with Gasteiger partial charge in [-0.1, -0.05) is 100 Å². The van der Waals surface area contributed by atoms with Gasteiger partial charge in [-0.25, -0.2) is 0 Å². The number of hydrogen-bond acceptors (Lipinski definition) is 4. The minimum absolute atomic E-state index is 0.0229. The number of rotatable bonds is 18. The predicted molar refractivity (Wildman–Crippen MR) is 124 cm³/mol. The van der Waals surface area contributed by atoms with E-state index in [1.165, 1.54) is 50.7 Å². The van der Waals surface area contributed by atoms with Gasteiger partial charge in [-0.15, -0.1) is 0 Å². The number of unbranched alkanes of at least 4 members (excludes halogenated alkanes) is 10. The predicted octanol–water partition coefficient (Wildman–Crippen LogP) is 7.07. The SMILES string of the molecule is CCCCCCCCOP(O)(=NS(=O)(=O)c1ccccc1)OCCCCCCCC. The molecule has 0 aliphatic heterocycles. The topological polar surface area (TPSA) is 85.2 Å². The number of nitrogens with zero attached hydrogens (tertiary/aromatic N) is 1. The van der Waals surface area contributed by atoms with Crippen LogP contribution < -0.4 is 0 Å². The van der Waals surface area contributed by atoms with E-state index in [0.29, 0.717) is 0 Å². The molecule has 0 heterocycles. The minimum Gasteiger partial charge on any atom is -0.318 e. The van der Waals surface area contributed by atoms with Crippen molar-refractivity contribution in [2.45, 2.75) is 95.8 Å². The molecule has 0 radical (unpaired) electrons. The first-order chi connectivity index (χ1) is 14.4. The maximum Gasteiger partial charge on any atom is 0.368 e. The lowest BCUT2D eigenvalue weighted by atomic mass is 10.1. The molecule has 8 heteroatoms. The average Bonchev–Trinajstić information content (AvgIpc) is 2.73. The van der Waals surface area contributed by atoms with Crippen molar-refractivity contribution in [1.29, 1.82) is 0 Å². The molecule has 0 spiro atoms. The van der Waals surface area contributed by atoms with Gasteiger partial charge in [0.15, 0.2) is 0 Å². The van der Waals surface area contributed by atoms with Gasteiger partial charge >= 0.3 is 7.74 Å². The molecule has 0 atom stereocenters. The van der Waals surface area contributed by atoms with Crippen LogP contribution in [0.4, 0.5) is 0 Å². The van der Waals surface area contributed by atoms with Crippen LogP contribution in [0.25, 0.3) is 0 Å². The largest absolute Gasteiger partial charge is 0.368 e. The first kappa shape index (κ1) is 27.3. The van der Waals surface area contributed by atoms with E-state index in [-0.39, 0.29) is 18.1 Å². The highest BCUT2D eigenvalue weighted by molar-refractivity contribution is 7.93. The Labute approximate surface area is 183 Å². The molecule has 0 fully saturated rings. The van der Waals surface area contributed by atoms with Crippen LogP contribution in [0.1, 0.15) is 90.9 Å². The molecular weight excluding hydrogens is 421 g/mol. The highest BCUT2D eigenvalue weighted by Gasteiger charge is 2.25. The van der Waals surface area contributed by atoms with E-state index in [9.17, 15) is 13.3 Å². The van der Waals surface area contributed by atoms with Crippen LogP contribution in [-0.2, 0) is 19.1 Å². The fourth-order valence-corrected chi connectivity index (χ4v) is 6.14. The molecule has 1 aromatic rings. The van der Waals surface area contributed by atoms with Crippen LogP contribution >= 0.6 is 7.74 Å². The number of hydrogen-bond donors (Lipinski definition) is 1. The Hall–Kier alpha value is -0.720. The Morgan fingerprint density at radius 2 is 1.20 bits per heavy atom. The van der Waals surface area contributed by atoms with Crippen molar-refractivity contribution in [2.75, 3.05) is 13.2 Å². The zero-order valence-corrected chi connectivity index (χ0v) is 20.4. The summed E-state index contributed by atoms with van der Waals surface area (Å²) >= 11 is 0. The summed E-state index contributed by atoms with van der Waals surface area (Å²) in [5.41, 5.74) is 0. The molecule has 1 rings (SSSR count). The van der Waals surface area contributed by atoms with Crippen molar-refractivity contribution in [1.82, 2.24) is 0 Å². The average molecular weight is 462 g/mol. The van der Waals surface area contributed by atoms with Crippen LogP contribution in [0.2, 0.25) is 0 Å². The fraction of sp³-hybridized carbons (Fsp3) is 0.727. The Morgan fingerprint density at radius 3 is 1.67 bits per heavy atom. The van der Waals surface area contributed by atoms with Crippen LogP contribution in [0.15, 0.2) is 39.4 Å². The van der Waals surface area contributed by atoms with Gasteiger partial charge in [-0.05, 0) is 25.0 Å². The second-order valence-corrected chi connectivity index (χ2v) is 11.1. The van der Waals surface area contributed by atoms with Crippen molar-refractivity contribution < 1.29 is 22.4 Å². The van der Waals surface area contributed by atoms with Crippen LogP contribution in [0.3, 0.4) is 0 Å². The highest BCUT2D eigenvalue weighted by Crippen LogP contribution is 2.49. The van der Waals surface area contributed by atoms with E-state index < -0.39 is 17.8 Å². The zero-order chi connectivity index (χ0) is 22.1. The summed E-state index contributed by atoms with van der Waals surface area (Å²) < 4.78 is 40.0. The van der Waals surface area contributed by atoms with E-state index in [2.05, 4.69) is 18.0 Å². The zero-order valence-electron chi connectivity index (χ0n) is 18.7. The summed E-state index contributed by atoms with van der Waals surface area (Å²) in [4.78, 5) is 10.8. The lowest BCUT2D eigenvalue weighted by Gasteiger charge is -2.18. The van der Waals surface area contributed by atoms with Crippen LogP contribution in [0, 0.1) is 0 Å². The first-order valence-corrected chi connectivity index (χ1v) is 14.4. The van der Waals surface area contributed by atoms with E-state index in [1.54, 1.807) is 18.2 Å². The van der Waals surface area contributed by atoms with Gasteiger partial charge in [-0.3, -0.25) is 0 Å². The third-order valence-electron chi connectivity index (χ3n) is 4.77. The third-order valence-corrected chi connectivity index (χ3v) is 8.36. The maximum atomic E-state index is 12.6. The van der Waals surface area contributed by atoms with Crippen molar-refractivity contribution in [3.63, 3.8) is 0 Å². The van der Waals surface area contributed by atoms with E-state index in [4.69, 9.17) is 9.05 Å². The second-order valence-electron chi connectivity index (χ2n) is 7.56. The third kappa shape index (κ3) is 12.2. The molecule has 0 bridgehead atoms. The molecule has 0 saturated carbocycles. The molecule has 174 valence electrons. The molecule has 0 aliphatic rings. The van der Waals surface area contributed by atoms with E-state index >= 15 is 0 Å². The van der Waals surface area contributed by atoms with Gasteiger partial charge in [0.25, 0.3) is 10.0 Å². The lowest BCUT2D eigenvalue weighted by Crippen LogP contribution is -2.04. The molecule has 6 nitrogen and oxygen atoms in total. The smallest absolute Gasteiger partial charge is 0.318 e. The fourth-order valence-electron chi connectivity index (χ4n) is 2.99. The molecule has 0 amide bonds. The molecule has 1 N–H and O–H groups in total. The standard InChI is InChI=1S/C22H40NO5PS/c1-3-5-7-9-11-16-20-27-29(24,28-21-17-12-10-8-6-4-2)23-30(25,26)22-18-14-13-15-19-22/h13-15,18-19,24H,3-12,16-17,20-21H2,1-2H3. The molecular formula is C22H40NO5PS. The summed E-state index contributed by atoms with van der Waals surface area (Å²) in [5.74, 6) is 0. The number of benzene rings is 1. The molecule has 0 aliphatic carbocycles. The molecule has 30 heavy (non-hydrogen) atoms. The molecule has 1 aromatic carbocycles. The van der Waals surface area contributed by atoms with Gasteiger partial charge in [0, 0.05) is 0 Å². The van der Waals surface area contributed by atoms with Crippen molar-refractivity contribution in [2.24, 2.45) is 4.15 Å². The maximum absolute atomic E-state index is 12.6. The van der Waals surface area contributed by atoms with Crippen LogP contribution in [0.5, 0.6) is 0 Å². The van der Waals surface area contributed by atoms with Gasteiger partial charge in [0.1, 0.15) is 0 Å². The second kappa shape index (κ2) is 16.0. The first-order valence-electron chi connectivity index (χ1n) is 11.4. The highest BCUT2D eigenvalue weighted by atomic mass is 32.2. The van der Waals surface area contributed by atoms with Gasteiger partial charge < -0.3 is 13.9 Å². The Kier molecular flexibility index (Phi) is 14.6. The van der Waals surface area contributed by atoms with Gasteiger partial charge in [-0.2, -0.15) is 8.42 Å². The lowest BCUT2D eigenvalue weighted by molar-refractivity contribution is 0.182. The van der Waals surface area contributed by atoms with E-state index in [1.807, 2.05) is 0 Å². The molecule has 0 unspecified atom stereocenters. The van der Waals surface area contributed by atoms with Crippen molar-refractivity contribution in [3.05, 3.63) is 30.3 Å². The van der Waals surface area contributed by atoms with Crippen molar-refractivity contribution >= 4 is 17.8 Å². The summed E-state index contributed by atoms with van der Waals surface area (Å²) in [5, 5.41) is 0. The van der Waals surface area contributed by atoms with E-state index in [0.717, 1.165) is 38.5 Å². The summed E-state index contributed by atoms with van der Waals surface area (Å²) in [6, 6.07) is 7.86. The number of sulfonamides is 1. The Bertz CT molecular complexity index is 687. The summed E-state index contributed by atoms with van der Waals surface area (Å²) in [6.45, 7) is 4.81. The summed E-state index contributed by atoms with van der Waals surface area (Å²) in [7, 11) is -7.89. The Morgan fingerprint density at radius 1 is 0.767 bits per heavy atom. The van der Waals surface area contributed by atoms with Crippen molar-refractivity contribution in [3.8, 4) is 0 Å². The normalized spacial score (nSPS) is 12.2. The van der Waals surface area contributed by atoms with Gasteiger partial charge in [0.2, 0.25) is 0 Å². The van der Waals surface area contributed by atoms with Gasteiger partial charge in [0.05, 0.1) is 18.1 Å². The minimum atomic E-state index is -4.05. The molecule has 0 aromatic heterocycles. The Balaban J connectivity index is 2.68. The quantitative estimate of drug-likeness (QED) is 0.187. The van der Waals surface area contributed by atoms with Crippen LogP contribution in [-0.4, -0.2) is 26.5 Å². The summed E-state index contributed by atoms with van der Waals surface area (Å²) in [6.07, 6.45) is 12.8.